The number of nitrogens with one attached hydrogen (secondary N) is 1. The van der Waals surface area contributed by atoms with Crippen LogP contribution >= 0.6 is 0 Å². The number of aliphatic hydroxyl groups excluding tert-OH is 1. The van der Waals surface area contributed by atoms with Crippen molar-refractivity contribution in [3.8, 4) is 5.75 Å². The van der Waals surface area contributed by atoms with Crippen LogP contribution in [0.5, 0.6) is 5.75 Å². The Morgan fingerprint density at radius 2 is 2.00 bits per heavy atom. The van der Waals surface area contributed by atoms with Crippen molar-refractivity contribution < 1.29 is 27.6 Å². The van der Waals surface area contributed by atoms with E-state index in [9.17, 15) is 18.3 Å². The van der Waals surface area contributed by atoms with Crippen LogP contribution in [0.15, 0.2) is 27.6 Å². The maximum Gasteiger partial charge on any atom is 0.267 e. The fraction of sp³-hybridized carbons (Fsp3) is 0.600. The van der Waals surface area contributed by atoms with Crippen molar-refractivity contribution in [1.29, 1.82) is 0 Å². The van der Waals surface area contributed by atoms with E-state index in [1.54, 1.807) is 30.9 Å². The number of amides is 1. The van der Waals surface area contributed by atoms with Crippen LogP contribution in [-0.2, 0) is 10.0 Å². The Labute approximate surface area is 212 Å². The molecule has 4 rings (SSSR count). The van der Waals surface area contributed by atoms with E-state index in [1.807, 2.05) is 0 Å². The lowest BCUT2D eigenvalue weighted by Gasteiger charge is -2.38. The zero-order chi connectivity index (χ0) is 26.2. The number of fused-ring (bicyclic) bond motifs is 1. The summed E-state index contributed by atoms with van der Waals surface area (Å²) in [6, 6.07) is 4.30. The molecule has 3 atom stereocenters. The van der Waals surface area contributed by atoms with Crippen molar-refractivity contribution >= 4 is 21.6 Å². The standard InChI is InChI=1S/C25H36N4O6S/c1-15-11-29(16(2)14-30)25(31)21-10-20(27-36(32,33)24-17(3)26-35-18(24)4)8-9-22(21)34-23(15)13-28(5)12-19-6-7-19/h8-10,15-16,19,23,27,30H,6-7,11-14H2,1-5H3/t15-,16-,23+/m1/s1. The van der Waals surface area contributed by atoms with Crippen LogP contribution in [0.2, 0.25) is 0 Å². The Bertz CT molecular complexity index is 1190. The Morgan fingerprint density at radius 3 is 2.61 bits per heavy atom. The van der Waals surface area contributed by atoms with E-state index in [1.165, 1.54) is 25.8 Å². The van der Waals surface area contributed by atoms with Gasteiger partial charge in [-0.05, 0) is 64.8 Å². The van der Waals surface area contributed by atoms with Gasteiger partial charge in [0, 0.05) is 31.2 Å². The molecule has 11 heteroatoms. The number of hydrogen-bond acceptors (Lipinski definition) is 8. The summed E-state index contributed by atoms with van der Waals surface area (Å²) in [6.45, 7) is 8.88. The van der Waals surface area contributed by atoms with Crippen LogP contribution < -0.4 is 9.46 Å². The number of carbonyl (C=O) groups excluding carboxylic acids is 1. The molecule has 0 saturated heterocycles. The first-order valence-electron chi connectivity index (χ1n) is 12.4. The van der Waals surface area contributed by atoms with Crippen LogP contribution in [0.4, 0.5) is 5.69 Å². The van der Waals surface area contributed by atoms with Crippen LogP contribution in [0.3, 0.4) is 0 Å². The van der Waals surface area contributed by atoms with Crippen molar-refractivity contribution in [1.82, 2.24) is 15.0 Å². The quantitative estimate of drug-likeness (QED) is 0.517. The van der Waals surface area contributed by atoms with Gasteiger partial charge in [-0.1, -0.05) is 12.1 Å². The predicted molar refractivity (Wildman–Crippen MR) is 135 cm³/mol. The Kier molecular flexibility index (Phi) is 7.63. The molecule has 0 spiro atoms. The van der Waals surface area contributed by atoms with Gasteiger partial charge in [-0.15, -0.1) is 0 Å². The SMILES string of the molecule is Cc1noc(C)c1S(=O)(=O)Nc1ccc2c(c1)C(=O)N([C@H](C)CO)C[C@@H](C)[C@H](CN(C)CC1CC1)O2. The number of rotatable bonds is 9. The van der Waals surface area contributed by atoms with E-state index in [0.717, 1.165) is 12.5 Å². The molecule has 1 aromatic carbocycles. The highest BCUT2D eigenvalue weighted by atomic mass is 32.2. The van der Waals surface area contributed by atoms with E-state index >= 15 is 0 Å². The topological polar surface area (TPSA) is 125 Å². The molecule has 1 amide bonds. The van der Waals surface area contributed by atoms with Gasteiger partial charge >= 0.3 is 0 Å². The molecular formula is C25H36N4O6S. The van der Waals surface area contributed by atoms with Crippen molar-refractivity contribution in [3.05, 3.63) is 35.2 Å². The molecule has 2 heterocycles. The molecule has 1 aromatic heterocycles. The minimum absolute atomic E-state index is 0.0236. The highest BCUT2D eigenvalue weighted by molar-refractivity contribution is 7.92. The summed E-state index contributed by atoms with van der Waals surface area (Å²) >= 11 is 0. The number of nitrogens with zero attached hydrogens (tertiary/aromatic N) is 3. The third kappa shape index (κ3) is 5.68. The van der Waals surface area contributed by atoms with E-state index in [4.69, 9.17) is 9.26 Å². The van der Waals surface area contributed by atoms with Crippen molar-refractivity contribution in [2.24, 2.45) is 11.8 Å². The molecule has 2 aliphatic rings. The number of ether oxygens (including phenoxy) is 1. The van der Waals surface area contributed by atoms with Crippen molar-refractivity contribution in [3.63, 3.8) is 0 Å². The molecule has 10 nitrogen and oxygen atoms in total. The first-order chi connectivity index (χ1) is 17.0. The number of aliphatic hydroxyl groups is 1. The molecule has 1 aliphatic carbocycles. The summed E-state index contributed by atoms with van der Waals surface area (Å²) in [4.78, 5) is 17.5. The largest absolute Gasteiger partial charge is 0.488 e. The summed E-state index contributed by atoms with van der Waals surface area (Å²) in [5.74, 6) is 1.02. The molecule has 0 radical (unpaired) electrons. The van der Waals surface area contributed by atoms with E-state index in [0.29, 0.717) is 18.8 Å². The Balaban J connectivity index is 1.66. The van der Waals surface area contributed by atoms with E-state index in [2.05, 4.69) is 28.8 Å². The lowest BCUT2D eigenvalue weighted by Crippen LogP contribution is -2.50. The highest BCUT2D eigenvalue weighted by Crippen LogP contribution is 2.33. The molecule has 1 fully saturated rings. The third-order valence-corrected chi connectivity index (χ3v) is 8.54. The summed E-state index contributed by atoms with van der Waals surface area (Å²) < 4.78 is 40.0. The normalized spacial score (nSPS) is 21.5. The van der Waals surface area contributed by atoms with Crippen LogP contribution in [-0.4, -0.2) is 79.8 Å². The maximum absolute atomic E-state index is 13.6. The molecule has 2 N–H and O–H groups in total. The van der Waals surface area contributed by atoms with Gasteiger partial charge in [-0.2, -0.15) is 0 Å². The minimum atomic E-state index is -3.99. The van der Waals surface area contributed by atoms with Gasteiger partial charge in [0.15, 0.2) is 10.7 Å². The summed E-state index contributed by atoms with van der Waals surface area (Å²) in [7, 11) is -1.90. The van der Waals surface area contributed by atoms with E-state index in [-0.39, 0.29) is 52.1 Å². The molecule has 36 heavy (non-hydrogen) atoms. The zero-order valence-electron chi connectivity index (χ0n) is 21.5. The number of aromatic nitrogens is 1. The number of anilines is 1. The monoisotopic (exact) mass is 520 g/mol. The molecule has 0 unspecified atom stereocenters. The average molecular weight is 521 g/mol. The summed E-state index contributed by atoms with van der Waals surface area (Å²) in [5.41, 5.74) is 0.718. The number of carbonyl (C=O) groups is 1. The van der Waals surface area contributed by atoms with Gasteiger partial charge < -0.3 is 24.2 Å². The number of hydrogen-bond donors (Lipinski definition) is 2. The summed E-state index contributed by atoms with van der Waals surface area (Å²) in [5, 5.41) is 13.6. The van der Waals surface area contributed by atoms with Crippen LogP contribution in [0.1, 0.15) is 48.5 Å². The smallest absolute Gasteiger partial charge is 0.267 e. The Hall–Kier alpha value is -2.63. The lowest BCUT2D eigenvalue weighted by atomic mass is 9.99. The fourth-order valence-electron chi connectivity index (χ4n) is 4.69. The second-order valence-corrected chi connectivity index (χ2v) is 11.9. The highest BCUT2D eigenvalue weighted by Gasteiger charge is 2.34. The van der Waals surface area contributed by atoms with Crippen molar-refractivity contribution in [2.75, 3.05) is 38.0 Å². The maximum atomic E-state index is 13.6. The van der Waals surface area contributed by atoms with E-state index < -0.39 is 16.1 Å². The number of aryl methyl sites for hydroxylation is 2. The Morgan fingerprint density at radius 1 is 1.28 bits per heavy atom. The van der Waals surface area contributed by atoms with Gasteiger partial charge in [-0.25, -0.2) is 8.42 Å². The van der Waals surface area contributed by atoms with Gasteiger partial charge in [-0.3, -0.25) is 9.52 Å². The minimum Gasteiger partial charge on any atom is -0.488 e. The van der Waals surface area contributed by atoms with Crippen LogP contribution in [0, 0.1) is 25.7 Å². The second kappa shape index (κ2) is 10.4. The molecule has 1 aliphatic heterocycles. The number of likely N-dealkylation sites (N-methyl/N-ethyl adjacent to an activating group) is 1. The second-order valence-electron chi connectivity index (χ2n) is 10.3. The zero-order valence-corrected chi connectivity index (χ0v) is 22.3. The summed E-state index contributed by atoms with van der Waals surface area (Å²) in [6.07, 6.45) is 2.34. The number of sulfonamides is 1. The fourth-order valence-corrected chi connectivity index (χ4v) is 6.07. The average Bonchev–Trinajstić information content (AvgIpc) is 3.56. The van der Waals surface area contributed by atoms with Crippen LogP contribution in [0.25, 0.3) is 0 Å². The molecular weight excluding hydrogens is 484 g/mol. The van der Waals surface area contributed by atoms with Crippen molar-refractivity contribution in [2.45, 2.75) is 57.6 Å². The first-order valence-corrected chi connectivity index (χ1v) is 13.8. The van der Waals surface area contributed by atoms with Gasteiger partial charge in [0.2, 0.25) is 0 Å². The molecule has 1 saturated carbocycles. The lowest BCUT2D eigenvalue weighted by molar-refractivity contribution is 0.0344. The number of benzene rings is 1. The van der Waals surface area contributed by atoms with Gasteiger partial charge in [0.25, 0.3) is 15.9 Å². The predicted octanol–water partition coefficient (Wildman–Crippen LogP) is 2.65. The first kappa shape index (κ1) is 26.4. The van der Waals surface area contributed by atoms with Gasteiger partial charge in [0.05, 0.1) is 18.2 Å². The molecule has 198 valence electrons. The third-order valence-electron chi connectivity index (χ3n) is 6.91. The van der Waals surface area contributed by atoms with Gasteiger partial charge in [0.1, 0.15) is 17.5 Å². The molecule has 0 bridgehead atoms. The molecule has 2 aromatic rings.